The first-order valence-electron chi connectivity index (χ1n) is 8.84. The maximum absolute atomic E-state index is 13.2. The molecule has 3 aromatic carbocycles. The van der Waals surface area contributed by atoms with E-state index < -0.39 is 0 Å². The standard InChI is InChI=1S/C23H16BrNO4/c1-28-17-12-8-15(9-13-17)22(27)25-23-20(14-6-10-16(24)11-7-14)21(26)18-4-2-3-5-19(18)29-23/h2-13H,1H3,(H,25,27). The van der Waals surface area contributed by atoms with Crippen molar-refractivity contribution in [3.63, 3.8) is 0 Å². The van der Waals surface area contributed by atoms with Crippen LogP contribution in [0.25, 0.3) is 22.1 Å². The van der Waals surface area contributed by atoms with Crippen LogP contribution in [0.5, 0.6) is 5.75 Å². The van der Waals surface area contributed by atoms with E-state index in [1.807, 2.05) is 12.1 Å². The maximum atomic E-state index is 13.2. The van der Waals surface area contributed by atoms with Gasteiger partial charge in [0.05, 0.1) is 18.1 Å². The zero-order chi connectivity index (χ0) is 20.4. The van der Waals surface area contributed by atoms with Crippen LogP contribution in [0.1, 0.15) is 10.4 Å². The van der Waals surface area contributed by atoms with E-state index in [-0.39, 0.29) is 17.2 Å². The molecule has 0 spiro atoms. The monoisotopic (exact) mass is 449 g/mol. The second kappa shape index (κ2) is 7.93. The number of anilines is 1. The van der Waals surface area contributed by atoms with Gasteiger partial charge in [-0.2, -0.15) is 0 Å². The number of carbonyl (C=O) groups is 1. The molecule has 4 aromatic rings. The molecule has 0 radical (unpaired) electrons. The summed E-state index contributed by atoms with van der Waals surface area (Å²) in [6.45, 7) is 0. The van der Waals surface area contributed by atoms with Gasteiger partial charge in [-0.05, 0) is 54.1 Å². The number of carbonyl (C=O) groups excluding carboxylic acids is 1. The van der Waals surface area contributed by atoms with Crippen molar-refractivity contribution in [1.82, 2.24) is 0 Å². The molecule has 6 heteroatoms. The molecule has 0 bridgehead atoms. The average molecular weight is 450 g/mol. The third-order valence-electron chi connectivity index (χ3n) is 4.51. The molecule has 5 nitrogen and oxygen atoms in total. The van der Waals surface area contributed by atoms with E-state index in [1.54, 1.807) is 67.8 Å². The summed E-state index contributed by atoms with van der Waals surface area (Å²) in [6, 6.07) is 20.9. The molecule has 0 aliphatic rings. The zero-order valence-corrected chi connectivity index (χ0v) is 17.0. The Morgan fingerprint density at radius 2 is 1.66 bits per heavy atom. The Kier molecular flexibility index (Phi) is 5.18. The molecular weight excluding hydrogens is 434 g/mol. The van der Waals surface area contributed by atoms with Gasteiger partial charge >= 0.3 is 0 Å². The van der Waals surface area contributed by atoms with Gasteiger partial charge < -0.3 is 9.15 Å². The first-order valence-corrected chi connectivity index (χ1v) is 9.63. The van der Waals surface area contributed by atoms with Crippen molar-refractivity contribution in [2.24, 2.45) is 0 Å². The van der Waals surface area contributed by atoms with E-state index >= 15 is 0 Å². The van der Waals surface area contributed by atoms with E-state index in [0.717, 1.165) is 4.47 Å². The van der Waals surface area contributed by atoms with Gasteiger partial charge in [0.25, 0.3) is 5.91 Å². The number of para-hydroxylation sites is 1. The van der Waals surface area contributed by atoms with Gasteiger partial charge in [-0.25, -0.2) is 0 Å². The molecule has 0 fully saturated rings. The normalized spacial score (nSPS) is 10.7. The van der Waals surface area contributed by atoms with Crippen LogP contribution >= 0.6 is 15.9 Å². The van der Waals surface area contributed by atoms with Gasteiger partial charge in [-0.1, -0.05) is 40.2 Å². The number of ether oxygens (including phenoxy) is 1. The van der Waals surface area contributed by atoms with Crippen molar-refractivity contribution in [1.29, 1.82) is 0 Å². The number of benzene rings is 3. The molecule has 0 aliphatic carbocycles. The van der Waals surface area contributed by atoms with Gasteiger partial charge in [-0.15, -0.1) is 0 Å². The summed E-state index contributed by atoms with van der Waals surface area (Å²) < 4.78 is 11.9. The predicted molar refractivity (Wildman–Crippen MR) is 117 cm³/mol. The number of methoxy groups -OCH3 is 1. The number of halogens is 1. The van der Waals surface area contributed by atoms with Crippen molar-refractivity contribution in [3.05, 3.63) is 93.1 Å². The van der Waals surface area contributed by atoms with Crippen LogP contribution in [0.2, 0.25) is 0 Å². The third kappa shape index (κ3) is 3.79. The SMILES string of the molecule is COc1ccc(C(=O)Nc2oc3ccccc3c(=O)c2-c2ccc(Br)cc2)cc1. The highest BCUT2D eigenvalue weighted by atomic mass is 79.9. The van der Waals surface area contributed by atoms with Crippen LogP contribution in [0.15, 0.2) is 86.5 Å². The Labute approximate surface area is 175 Å². The molecule has 1 aromatic heterocycles. The Morgan fingerprint density at radius 3 is 2.34 bits per heavy atom. The molecule has 0 saturated carbocycles. The minimum absolute atomic E-state index is 0.108. The highest BCUT2D eigenvalue weighted by Crippen LogP contribution is 2.30. The molecule has 1 amide bonds. The van der Waals surface area contributed by atoms with Gasteiger partial charge in [0.1, 0.15) is 11.3 Å². The summed E-state index contributed by atoms with van der Waals surface area (Å²) in [5.74, 6) is 0.371. The fraction of sp³-hybridized carbons (Fsp3) is 0.0435. The van der Waals surface area contributed by atoms with Crippen LogP contribution in [-0.2, 0) is 0 Å². The number of rotatable bonds is 4. The molecule has 0 aliphatic heterocycles. The van der Waals surface area contributed by atoms with Gasteiger partial charge in [0.2, 0.25) is 11.3 Å². The summed E-state index contributed by atoms with van der Waals surface area (Å²) in [6.07, 6.45) is 0. The maximum Gasteiger partial charge on any atom is 0.257 e. The Hall–Kier alpha value is -3.38. The van der Waals surface area contributed by atoms with Crippen LogP contribution in [0.3, 0.4) is 0 Å². The summed E-state index contributed by atoms with van der Waals surface area (Å²) in [4.78, 5) is 26.0. The number of hydrogen-bond acceptors (Lipinski definition) is 4. The summed E-state index contributed by atoms with van der Waals surface area (Å²) in [7, 11) is 1.56. The summed E-state index contributed by atoms with van der Waals surface area (Å²) in [5, 5.41) is 3.20. The van der Waals surface area contributed by atoms with Crippen LogP contribution < -0.4 is 15.5 Å². The van der Waals surface area contributed by atoms with E-state index in [4.69, 9.17) is 9.15 Å². The van der Waals surface area contributed by atoms with E-state index in [1.165, 1.54) is 0 Å². The van der Waals surface area contributed by atoms with E-state index in [9.17, 15) is 9.59 Å². The van der Waals surface area contributed by atoms with E-state index in [0.29, 0.717) is 33.4 Å². The molecule has 144 valence electrons. The summed E-state index contributed by atoms with van der Waals surface area (Å²) in [5.41, 5.74) is 1.57. The quantitative estimate of drug-likeness (QED) is 0.447. The lowest BCUT2D eigenvalue weighted by atomic mass is 10.0. The van der Waals surface area contributed by atoms with Gasteiger partial charge in [-0.3, -0.25) is 14.9 Å². The summed E-state index contributed by atoms with van der Waals surface area (Å²) >= 11 is 3.40. The average Bonchev–Trinajstić information content (AvgIpc) is 2.75. The zero-order valence-electron chi connectivity index (χ0n) is 15.4. The molecule has 1 heterocycles. The Balaban J connectivity index is 1.83. The van der Waals surface area contributed by atoms with Crippen LogP contribution in [0.4, 0.5) is 5.88 Å². The molecule has 1 N–H and O–H groups in total. The van der Waals surface area contributed by atoms with Crippen molar-refractivity contribution < 1.29 is 13.9 Å². The first-order chi connectivity index (χ1) is 14.1. The van der Waals surface area contributed by atoms with Crippen LogP contribution in [0, 0.1) is 0 Å². The topological polar surface area (TPSA) is 68.5 Å². The van der Waals surface area contributed by atoms with Gasteiger partial charge in [0.15, 0.2) is 0 Å². The fourth-order valence-electron chi connectivity index (χ4n) is 3.03. The van der Waals surface area contributed by atoms with Crippen molar-refractivity contribution >= 4 is 38.7 Å². The molecule has 0 unspecified atom stereocenters. The Morgan fingerprint density at radius 1 is 0.966 bits per heavy atom. The molecular formula is C23H16BrNO4. The highest BCUT2D eigenvalue weighted by molar-refractivity contribution is 9.10. The second-order valence-corrected chi connectivity index (χ2v) is 7.24. The minimum atomic E-state index is -0.385. The smallest absolute Gasteiger partial charge is 0.257 e. The van der Waals surface area contributed by atoms with Gasteiger partial charge in [0, 0.05) is 10.0 Å². The van der Waals surface area contributed by atoms with Crippen molar-refractivity contribution in [3.8, 4) is 16.9 Å². The van der Waals surface area contributed by atoms with E-state index in [2.05, 4.69) is 21.2 Å². The van der Waals surface area contributed by atoms with Crippen molar-refractivity contribution in [2.45, 2.75) is 0 Å². The number of nitrogens with one attached hydrogen (secondary N) is 1. The molecule has 29 heavy (non-hydrogen) atoms. The predicted octanol–water partition coefficient (Wildman–Crippen LogP) is 5.48. The lowest BCUT2D eigenvalue weighted by Gasteiger charge is -2.12. The van der Waals surface area contributed by atoms with Crippen molar-refractivity contribution in [2.75, 3.05) is 12.4 Å². The second-order valence-electron chi connectivity index (χ2n) is 6.32. The molecule has 4 rings (SSSR count). The fourth-order valence-corrected chi connectivity index (χ4v) is 3.29. The number of amides is 1. The lowest BCUT2D eigenvalue weighted by Crippen LogP contribution is -2.16. The third-order valence-corrected chi connectivity index (χ3v) is 5.04. The molecule has 0 atom stereocenters. The largest absolute Gasteiger partial charge is 0.497 e. The number of fused-ring (bicyclic) bond motifs is 1. The lowest BCUT2D eigenvalue weighted by molar-refractivity contribution is 0.102. The Bertz CT molecular complexity index is 1240. The number of hydrogen-bond donors (Lipinski definition) is 1. The van der Waals surface area contributed by atoms with Crippen LogP contribution in [-0.4, -0.2) is 13.0 Å². The highest BCUT2D eigenvalue weighted by Gasteiger charge is 2.19. The first kappa shape index (κ1) is 19.0. The molecule has 0 saturated heterocycles. The minimum Gasteiger partial charge on any atom is -0.497 e.